The molecule has 1 atom stereocenters. The highest BCUT2D eigenvalue weighted by Gasteiger charge is 2.40. The van der Waals surface area contributed by atoms with Gasteiger partial charge >= 0.3 is 6.18 Å². The molecular weight excluding hydrogens is 347 g/mol. The third-order valence-corrected chi connectivity index (χ3v) is 5.97. The maximum absolute atomic E-state index is 12.6. The number of rotatable bonds is 4. The highest BCUT2D eigenvalue weighted by Crippen LogP contribution is 2.35. The molecule has 1 unspecified atom stereocenters. The second-order valence-corrected chi connectivity index (χ2v) is 7.58. The summed E-state index contributed by atoms with van der Waals surface area (Å²) in [4.78, 5) is 3.62. The van der Waals surface area contributed by atoms with Gasteiger partial charge in [0.2, 0.25) is 15.9 Å². The first-order valence-electron chi connectivity index (χ1n) is 7.18. The van der Waals surface area contributed by atoms with E-state index in [0.717, 1.165) is 4.31 Å². The Kier molecular flexibility index (Phi) is 4.35. The Morgan fingerprint density at radius 3 is 2.62 bits per heavy atom. The lowest BCUT2D eigenvalue weighted by atomic mass is 10.1. The molecule has 1 aromatic heterocycles. The van der Waals surface area contributed by atoms with Crippen molar-refractivity contribution in [2.75, 3.05) is 6.54 Å². The summed E-state index contributed by atoms with van der Waals surface area (Å²) in [5, 5.41) is 2.57. The van der Waals surface area contributed by atoms with Crippen LogP contribution in [0.5, 0.6) is 0 Å². The zero-order valence-corrected chi connectivity index (χ0v) is 13.2. The molecule has 0 saturated carbocycles. The summed E-state index contributed by atoms with van der Waals surface area (Å²) in [6.07, 6.45) is -5.36. The van der Waals surface area contributed by atoms with E-state index in [9.17, 15) is 21.6 Å². The zero-order valence-electron chi connectivity index (χ0n) is 12.4. The number of alkyl halides is 3. The van der Waals surface area contributed by atoms with Crippen molar-refractivity contribution in [2.45, 2.75) is 30.8 Å². The van der Waals surface area contributed by atoms with Gasteiger partial charge in [-0.3, -0.25) is 0 Å². The van der Waals surface area contributed by atoms with Gasteiger partial charge in [-0.15, -0.1) is 0 Å². The minimum absolute atomic E-state index is 0.147. The van der Waals surface area contributed by atoms with E-state index in [-0.39, 0.29) is 19.0 Å². The topological polar surface area (TPSA) is 76.3 Å². The molecule has 0 N–H and O–H groups in total. The molecule has 0 amide bonds. The molecule has 0 aliphatic carbocycles. The average molecular weight is 361 g/mol. The third-order valence-electron chi connectivity index (χ3n) is 3.71. The van der Waals surface area contributed by atoms with Crippen LogP contribution < -0.4 is 0 Å². The monoisotopic (exact) mass is 361 g/mol. The second kappa shape index (κ2) is 6.17. The molecule has 130 valence electrons. The predicted octanol–water partition coefficient (Wildman–Crippen LogP) is 2.45. The maximum Gasteiger partial charge on any atom is 0.396 e. The van der Waals surface area contributed by atoms with Crippen LogP contribution in [0.3, 0.4) is 0 Å². The van der Waals surface area contributed by atoms with Crippen LogP contribution in [-0.4, -0.2) is 35.6 Å². The number of aromatic nitrogens is 2. The first-order chi connectivity index (χ1) is 11.3. The fourth-order valence-corrected chi connectivity index (χ4v) is 4.56. The molecule has 2 aromatic rings. The minimum Gasteiger partial charge on any atom is -0.338 e. The van der Waals surface area contributed by atoms with Crippen LogP contribution in [0.25, 0.3) is 0 Å². The molecule has 1 saturated heterocycles. The number of benzene rings is 1. The molecule has 2 heterocycles. The van der Waals surface area contributed by atoms with Gasteiger partial charge in [-0.25, -0.2) is 8.42 Å². The number of halogens is 3. The van der Waals surface area contributed by atoms with Crippen molar-refractivity contribution in [2.24, 2.45) is 0 Å². The summed E-state index contributed by atoms with van der Waals surface area (Å²) in [6.45, 7) is 0.0232. The first kappa shape index (κ1) is 16.9. The molecule has 1 fully saturated rings. The summed E-state index contributed by atoms with van der Waals surface area (Å²) >= 11 is 0. The van der Waals surface area contributed by atoms with Gasteiger partial charge in [-0.05, 0) is 12.0 Å². The van der Waals surface area contributed by atoms with Crippen molar-refractivity contribution in [3.63, 3.8) is 0 Å². The van der Waals surface area contributed by atoms with Gasteiger partial charge in [-0.1, -0.05) is 35.5 Å². The number of hydrogen-bond donors (Lipinski definition) is 0. The van der Waals surface area contributed by atoms with Crippen molar-refractivity contribution < 1.29 is 26.1 Å². The van der Waals surface area contributed by atoms with Crippen LogP contribution in [0.4, 0.5) is 13.2 Å². The average Bonchev–Trinajstić information content (AvgIpc) is 3.03. The Hall–Kier alpha value is -1.94. The van der Waals surface area contributed by atoms with E-state index in [1.54, 1.807) is 30.3 Å². The van der Waals surface area contributed by atoms with Crippen molar-refractivity contribution in [1.82, 2.24) is 14.4 Å². The van der Waals surface area contributed by atoms with Crippen LogP contribution in [-0.2, 0) is 23.0 Å². The summed E-state index contributed by atoms with van der Waals surface area (Å²) in [5.74, 6) is -0.653. The third kappa shape index (κ3) is 3.59. The molecule has 1 aliphatic heterocycles. The van der Waals surface area contributed by atoms with Gasteiger partial charge in [0.15, 0.2) is 5.82 Å². The van der Waals surface area contributed by atoms with Crippen LogP contribution in [0, 0.1) is 0 Å². The Morgan fingerprint density at radius 2 is 1.96 bits per heavy atom. The summed E-state index contributed by atoms with van der Waals surface area (Å²) in [5.41, 5.74) is 0.684. The summed E-state index contributed by atoms with van der Waals surface area (Å²) in [6, 6.07) is 8.78. The van der Waals surface area contributed by atoms with Gasteiger partial charge in [0, 0.05) is 6.54 Å². The quantitative estimate of drug-likeness (QED) is 0.836. The van der Waals surface area contributed by atoms with E-state index in [2.05, 4.69) is 10.1 Å². The van der Waals surface area contributed by atoms with Crippen molar-refractivity contribution in [1.29, 1.82) is 0 Å². The van der Waals surface area contributed by atoms with Gasteiger partial charge in [0.25, 0.3) is 0 Å². The van der Waals surface area contributed by atoms with Crippen LogP contribution in [0.1, 0.15) is 28.9 Å². The fraction of sp³-hybridized carbons (Fsp3) is 0.429. The van der Waals surface area contributed by atoms with Crippen molar-refractivity contribution in [3.05, 3.63) is 47.6 Å². The molecule has 3 rings (SSSR count). The lowest BCUT2D eigenvalue weighted by Crippen LogP contribution is -2.26. The van der Waals surface area contributed by atoms with Crippen LogP contribution >= 0.6 is 0 Å². The fourth-order valence-electron chi connectivity index (χ4n) is 2.65. The standard InChI is InChI=1S/C14H14F3N3O3S/c15-14(16,17)8-12-18-13(23-19-12)9-20-7-6-11(24(20,21)22)10-4-2-1-3-5-10/h1-5,11H,6-9H2. The molecule has 24 heavy (non-hydrogen) atoms. The van der Waals surface area contributed by atoms with Gasteiger partial charge in [-0.2, -0.15) is 22.5 Å². The first-order valence-corrected chi connectivity index (χ1v) is 8.68. The molecule has 10 heteroatoms. The Labute approximate surface area is 136 Å². The second-order valence-electron chi connectivity index (χ2n) is 5.46. The van der Waals surface area contributed by atoms with Crippen LogP contribution in [0.15, 0.2) is 34.9 Å². The van der Waals surface area contributed by atoms with Crippen molar-refractivity contribution in [3.8, 4) is 0 Å². The molecule has 1 aliphatic rings. The smallest absolute Gasteiger partial charge is 0.338 e. The lowest BCUT2D eigenvalue weighted by Gasteiger charge is -2.15. The van der Waals surface area contributed by atoms with E-state index >= 15 is 0 Å². The Balaban J connectivity index is 1.73. The molecule has 0 radical (unpaired) electrons. The van der Waals surface area contributed by atoms with Crippen molar-refractivity contribution >= 4 is 10.0 Å². The van der Waals surface area contributed by atoms with Gasteiger partial charge < -0.3 is 4.52 Å². The summed E-state index contributed by atoms with van der Waals surface area (Å²) in [7, 11) is -3.62. The maximum atomic E-state index is 12.6. The molecule has 1 aromatic carbocycles. The van der Waals surface area contributed by atoms with E-state index < -0.39 is 33.7 Å². The Morgan fingerprint density at radius 1 is 1.25 bits per heavy atom. The van der Waals surface area contributed by atoms with Crippen LogP contribution in [0.2, 0.25) is 0 Å². The molecule has 0 bridgehead atoms. The highest BCUT2D eigenvalue weighted by molar-refractivity contribution is 7.89. The lowest BCUT2D eigenvalue weighted by molar-refractivity contribution is -0.128. The highest BCUT2D eigenvalue weighted by atomic mass is 32.2. The number of nitrogens with zero attached hydrogens (tertiary/aromatic N) is 3. The number of hydrogen-bond acceptors (Lipinski definition) is 5. The van der Waals surface area contributed by atoms with E-state index in [1.165, 1.54) is 0 Å². The normalized spacial score (nSPS) is 21.2. The van der Waals surface area contributed by atoms with E-state index in [1.807, 2.05) is 0 Å². The Bertz CT molecular complexity index is 805. The summed E-state index contributed by atoms with van der Waals surface area (Å²) < 4.78 is 67.9. The largest absolute Gasteiger partial charge is 0.396 e. The SMILES string of the molecule is O=S1(=O)C(c2ccccc2)CCN1Cc1nc(CC(F)(F)F)no1. The van der Waals surface area contributed by atoms with Gasteiger partial charge in [0.05, 0.1) is 6.54 Å². The van der Waals surface area contributed by atoms with E-state index in [4.69, 9.17) is 4.52 Å². The number of sulfonamides is 1. The minimum atomic E-state index is -4.45. The molecule has 0 spiro atoms. The molecular formula is C14H14F3N3O3S. The zero-order chi connectivity index (χ0) is 17.4. The van der Waals surface area contributed by atoms with E-state index in [0.29, 0.717) is 12.0 Å². The molecule has 6 nitrogen and oxygen atoms in total. The predicted molar refractivity (Wildman–Crippen MR) is 77.2 cm³/mol. The van der Waals surface area contributed by atoms with Gasteiger partial charge in [0.1, 0.15) is 11.7 Å².